The third-order valence-corrected chi connectivity index (χ3v) is 8.59. The number of hydrazine groups is 1. The fourth-order valence-electron chi connectivity index (χ4n) is 5.21. The van der Waals surface area contributed by atoms with E-state index in [1.54, 1.807) is 12.1 Å². The Morgan fingerprint density at radius 2 is 1.77 bits per heavy atom. The zero-order valence-corrected chi connectivity index (χ0v) is 21.9. The molecule has 2 N–H and O–H groups in total. The highest BCUT2D eigenvalue weighted by Gasteiger charge is 2.54. The molecule has 2 atom stereocenters. The van der Waals surface area contributed by atoms with Gasteiger partial charge in [0.1, 0.15) is 0 Å². The maximum Gasteiger partial charge on any atom is 0.280 e. The highest BCUT2D eigenvalue weighted by Crippen LogP contribution is 2.47. The van der Waals surface area contributed by atoms with Crippen LogP contribution in [0.1, 0.15) is 51.2 Å². The van der Waals surface area contributed by atoms with E-state index in [1.807, 2.05) is 62.9 Å². The van der Waals surface area contributed by atoms with Crippen molar-refractivity contribution in [1.29, 1.82) is 0 Å². The Morgan fingerprint density at radius 3 is 2.34 bits per heavy atom. The van der Waals surface area contributed by atoms with E-state index < -0.39 is 21.3 Å². The van der Waals surface area contributed by atoms with Gasteiger partial charge < -0.3 is 4.90 Å². The van der Waals surface area contributed by atoms with E-state index in [1.165, 1.54) is 12.1 Å². The van der Waals surface area contributed by atoms with Crippen molar-refractivity contribution in [2.75, 3.05) is 13.1 Å². The molecule has 0 spiro atoms. The summed E-state index contributed by atoms with van der Waals surface area (Å²) in [6.07, 6.45) is 1.70. The van der Waals surface area contributed by atoms with Crippen LogP contribution in [0.4, 0.5) is 0 Å². The highest BCUT2D eigenvalue weighted by atomic mass is 32.2. The second kappa shape index (κ2) is 10.9. The van der Waals surface area contributed by atoms with Gasteiger partial charge in [-0.2, -0.15) is 12.8 Å². The standard InChI is InChI=1S/C27H37N3O4S/c1-5-23-19-29(16-15-22-9-7-6-8-10-22)26(32)27(23,17-20(2)3)18-25(31)30(28)35(33,34)24-13-11-21(4)12-14-24/h6-14,20,23H,5,15-19,28H2,1-4H3. The quantitative estimate of drug-likeness (QED) is 0.303. The van der Waals surface area contributed by atoms with Gasteiger partial charge in [-0.15, -0.1) is 0 Å². The van der Waals surface area contributed by atoms with E-state index in [4.69, 9.17) is 5.84 Å². The molecule has 2 aromatic rings. The molecule has 0 aliphatic carbocycles. The minimum absolute atomic E-state index is 0.0499. The largest absolute Gasteiger partial charge is 0.342 e. The number of sulfonamides is 1. The maximum absolute atomic E-state index is 13.8. The molecule has 2 unspecified atom stereocenters. The first-order valence-electron chi connectivity index (χ1n) is 12.2. The number of nitrogens with zero attached hydrogens (tertiary/aromatic N) is 2. The van der Waals surface area contributed by atoms with Crippen LogP contribution >= 0.6 is 0 Å². The lowest BCUT2D eigenvalue weighted by Crippen LogP contribution is -2.48. The van der Waals surface area contributed by atoms with E-state index in [0.29, 0.717) is 30.3 Å². The Kier molecular flexibility index (Phi) is 8.38. The van der Waals surface area contributed by atoms with Gasteiger partial charge in [0.2, 0.25) is 5.91 Å². The van der Waals surface area contributed by atoms with Gasteiger partial charge in [-0.1, -0.05) is 75.2 Å². The highest BCUT2D eigenvalue weighted by molar-refractivity contribution is 7.89. The van der Waals surface area contributed by atoms with Crippen LogP contribution in [0, 0.1) is 24.2 Å². The van der Waals surface area contributed by atoms with Gasteiger partial charge in [-0.25, -0.2) is 5.84 Å². The smallest absolute Gasteiger partial charge is 0.280 e. The average Bonchev–Trinajstić information content (AvgIpc) is 3.07. The van der Waals surface area contributed by atoms with Crippen LogP contribution in [0.2, 0.25) is 0 Å². The lowest BCUT2D eigenvalue weighted by molar-refractivity contribution is -0.143. The molecule has 1 heterocycles. The number of nitrogens with two attached hydrogens (primary N) is 1. The number of aryl methyl sites for hydroxylation is 1. The number of rotatable bonds is 10. The molecule has 1 aliphatic heterocycles. The SMILES string of the molecule is CCC1CN(CCc2ccccc2)C(=O)C1(CC(=O)N(N)S(=O)(=O)c1ccc(C)cc1)CC(C)C. The van der Waals surface area contributed by atoms with Crippen LogP contribution < -0.4 is 5.84 Å². The van der Waals surface area contributed by atoms with Gasteiger partial charge >= 0.3 is 0 Å². The lowest BCUT2D eigenvalue weighted by Gasteiger charge is -2.34. The second-order valence-corrected chi connectivity index (χ2v) is 11.8. The van der Waals surface area contributed by atoms with Crippen molar-refractivity contribution in [3.05, 3.63) is 65.7 Å². The van der Waals surface area contributed by atoms with Gasteiger partial charge in [0.05, 0.1) is 10.3 Å². The molecule has 7 nitrogen and oxygen atoms in total. The Balaban J connectivity index is 1.85. The summed E-state index contributed by atoms with van der Waals surface area (Å²) in [5, 5.41) is 0. The van der Waals surface area contributed by atoms with Crippen LogP contribution in [0.25, 0.3) is 0 Å². The van der Waals surface area contributed by atoms with Crippen molar-refractivity contribution in [1.82, 2.24) is 9.31 Å². The molecule has 1 saturated heterocycles. The third kappa shape index (κ3) is 5.76. The number of hydrogen-bond acceptors (Lipinski definition) is 5. The van der Waals surface area contributed by atoms with Crippen LogP contribution in [0.3, 0.4) is 0 Å². The van der Waals surface area contributed by atoms with Crippen LogP contribution in [-0.2, 0) is 26.0 Å². The molecule has 0 radical (unpaired) electrons. The number of carbonyl (C=O) groups excluding carboxylic acids is 2. The third-order valence-electron chi connectivity index (χ3n) is 7.00. The molecule has 190 valence electrons. The summed E-state index contributed by atoms with van der Waals surface area (Å²) in [6, 6.07) is 16.2. The van der Waals surface area contributed by atoms with Gasteiger partial charge in [0.15, 0.2) is 0 Å². The predicted molar refractivity (Wildman–Crippen MR) is 136 cm³/mol. The number of carbonyl (C=O) groups is 2. The van der Waals surface area contributed by atoms with Gasteiger partial charge in [-0.3, -0.25) is 9.59 Å². The summed E-state index contributed by atoms with van der Waals surface area (Å²) < 4.78 is 26.4. The molecule has 3 rings (SSSR count). The van der Waals surface area contributed by atoms with Crippen molar-refractivity contribution >= 4 is 21.8 Å². The Labute approximate surface area is 209 Å². The molecule has 1 aliphatic rings. The number of hydrogen-bond donors (Lipinski definition) is 1. The summed E-state index contributed by atoms with van der Waals surface area (Å²) in [5.74, 6) is 5.15. The van der Waals surface area contributed by atoms with Crippen molar-refractivity contribution in [3.63, 3.8) is 0 Å². The molecule has 2 aromatic carbocycles. The van der Waals surface area contributed by atoms with Crippen molar-refractivity contribution in [2.24, 2.45) is 23.1 Å². The summed E-state index contributed by atoms with van der Waals surface area (Å²) in [6.45, 7) is 9.00. The van der Waals surface area contributed by atoms with Crippen LogP contribution in [0.5, 0.6) is 0 Å². The molecule has 0 aromatic heterocycles. The first kappa shape index (κ1) is 26.9. The van der Waals surface area contributed by atoms with Crippen LogP contribution in [0.15, 0.2) is 59.5 Å². The molecule has 1 fully saturated rings. The summed E-state index contributed by atoms with van der Waals surface area (Å²) in [5.41, 5.74) is 1.06. The zero-order valence-electron chi connectivity index (χ0n) is 21.1. The normalized spacial score (nSPS) is 20.5. The van der Waals surface area contributed by atoms with Gasteiger partial charge in [0, 0.05) is 19.5 Å². The molecule has 0 bridgehead atoms. The Bertz CT molecular complexity index is 1130. The minimum Gasteiger partial charge on any atom is -0.342 e. The minimum atomic E-state index is -4.22. The second-order valence-electron chi connectivity index (χ2n) is 10.0. The number of benzene rings is 2. The summed E-state index contributed by atoms with van der Waals surface area (Å²) in [4.78, 5) is 28.9. The zero-order chi connectivity index (χ0) is 25.8. The lowest BCUT2D eigenvalue weighted by atomic mass is 9.68. The molecular weight excluding hydrogens is 462 g/mol. The molecule has 8 heteroatoms. The fourth-order valence-corrected chi connectivity index (χ4v) is 6.25. The van der Waals surface area contributed by atoms with Gasteiger partial charge in [0.25, 0.3) is 15.9 Å². The van der Waals surface area contributed by atoms with Crippen molar-refractivity contribution in [2.45, 2.75) is 58.3 Å². The fraction of sp³-hybridized carbons (Fsp3) is 0.481. The van der Waals surface area contributed by atoms with E-state index in [9.17, 15) is 18.0 Å². The van der Waals surface area contributed by atoms with E-state index in [2.05, 4.69) is 0 Å². The average molecular weight is 500 g/mol. The number of likely N-dealkylation sites (tertiary alicyclic amines) is 1. The van der Waals surface area contributed by atoms with E-state index >= 15 is 0 Å². The first-order valence-corrected chi connectivity index (χ1v) is 13.7. The predicted octanol–water partition coefficient (Wildman–Crippen LogP) is 3.92. The van der Waals surface area contributed by atoms with Crippen molar-refractivity contribution < 1.29 is 18.0 Å². The molecule has 0 saturated carbocycles. The van der Waals surface area contributed by atoms with Crippen LogP contribution in [-0.4, -0.2) is 42.6 Å². The molecular formula is C27H37N3O4S. The monoisotopic (exact) mass is 499 g/mol. The molecule has 35 heavy (non-hydrogen) atoms. The Hall–Kier alpha value is -2.71. The van der Waals surface area contributed by atoms with E-state index in [-0.39, 0.29) is 29.1 Å². The van der Waals surface area contributed by atoms with Gasteiger partial charge in [-0.05, 0) is 49.3 Å². The summed E-state index contributed by atoms with van der Waals surface area (Å²) in [7, 11) is -4.22. The molecule has 2 amide bonds. The van der Waals surface area contributed by atoms with Crippen molar-refractivity contribution in [3.8, 4) is 0 Å². The topological polar surface area (TPSA) is 101 Å². The Morgan fingerprint density at radius 1 is 1.14 bits per heavy atom. The maximum atomic E-state index is 13.8. The first-order chi connectivity index (χ1) is 16.5. The summed E-state index contributed by atoms with van der Waals surface area (Å²) >= 11 is 0. The number of amides is 2. The van der Waals surface area contributed by atoms with E-state index in [0.717, 1.165) is 17.5 Å².